The molecule has 1 heterocycles. The zero-order valence-corrected chi connectivity index (χ0v) is 15.1. The topological polar surface area (TPSA) is 3.88 Å². The fourth-order valence-corrected chi connectivity index (χ4v) is 2.48. The van der Waals surface area contributed by atoms with Crippen molar-refractivity contribution in [1.29, 1.82) is 0 Å². The van der Waals surface area contributed by atoms with Crippen LogP contribution in [0, 0.1) is 19.1 Å². The number of hydrogen-bond acceptors (Lipinski definition) is 0. The van der Waals surface area contributed by atoms with E-state index in [1.165, 1.54) is 16.8 Å². The van der Waals surface area contributed by atoms with Crippen LogP contribution >= 0.6 is 0 Å². The van der Waals surface area contributed by atoms with Crippen LogP contribution in [0.2, 0.25) is 0 Å². The molecule has 0 bridgehead atoms. The summed E-state index contributed by atoms with van der Waals surface area (Å²) in [6.45, 7) is 2.14. The van der Waals surface area contributed by atoms with Crippen molar-refractivity contribution >= 4 is 0 Å². The van der Waals surface area contributed by atoms with E-state index < -0.39 is 0 Å². The molecular formula is C19H16NY-. The van der Waals surface area contributed by atoms with E-state index in [-0.39, 0.29) is 32.7 Å². The Bertz CT molecular complexity index is 736. The van der Waals surface area contributed by atoms with Crippen molar-refractivity contribution in [2.45, 2.75) is 6.92 Å². The first kappa shape index (κ1) is 16.1. The molecule has 3 rings (SSSR count). The second-order valence-electron chi connectivity index (χ2n) is 4.88. The minimum atomic E-state index is 0. The van der Waals surface area contributed by atoms with Crippen LogP contribution in [-0.2, 0) is 39.8 Å². The number of hydrogen-bond donors (Lipinski definition) is 0. The van der Waals surface area contributed by atoms with Crippen molar-refractivity contribution in [2.24, 2.45) is 7.05 Å². The number of aromatic nitrogens is 1. The molecule has 0 unspecified atom stereocenters. The van der Waals surface area contributed by atoms with E-state index in [2.05, 4.69) is 61.1 Å². The van der Waals surface area contributed by atoms with Gasteiger partial charge >= 0.3 is 0 Å². The SMILES string of the molecule is Cc1cc[c-]c(-c2[c-]cccc2)c1-c1cccc[n+]1C.[Y]. The van der Waals surface area contributed by atoms with E-state index in [9.17, 15) is 0 Å². The first-order valence-electron chi connectivity index (χ1n) is 6.71. The van der Waals surface area contributed by atoms with Crippen molar-refractivity contribution in [3.8, 4) is 22.4 Å². The van der Waals surface area contributed by atoms with Crippen LogP contribution in [0.5, 0.6) is 0 Å². The molecule has 0 N–H and O–H groups in total. The van der Waals surface area contributed by atoms with Crippen LogP contribution < -0.4 is 4.57 Å². The molecule has 2 aromatic carbocycles. The van der Waals surface area contributed by atoms with Gasteiger partial charge in [0.1, 0.15) is 7.05 Å². The average molecular weight is 347 g/mol. The monoisotopic (exact) mass is 347 g/mol. The second-order valence-corrected chi connectivity index (χ2v) is 4.88. The molecule has 1 nitrogen and oxygen atoms in total. The summed E-state index contributed by atoms with van der Waals surface area (Å²) in [6, 6.07) is 25.1. The van der Waals surface area contributed by atoms with Gasteiger partial charge in [-0.25, -0.2) is 15.7 Å². The molecule has 0 aliphatic heterocycles. The normalized spacial score (nSPS) is 10.0. The summed E-state index contributed by atoms with van der Waals surface area (Å²) < 4.78 is 2.14. The van der Waals surface area contributed by atoms with Crippen LogP contribution in [0.25, 0.3) is 22.4 Å². The van der Waals surface area contributed by atoms with Gasteiger partial charge in [0.05, 0.1) is 0 Å². The third-order valence-corrected chi connectivity index (χ3v) is 3.49. The number of pyridine rings is 1. The van der Waals surface area contributed by atoms with E-state index in [1.54, 1.807) is 0 Å². The van der Waals surface area contributed by atoms with Crippen molar-refractivity contribution in [1.82, 2.24) is 0 Å². The van der Waals surface area contributed by atoms with Gasteiger partial charge in [-0.15, -0.1) is 17.7 Å². The molecule has 1 radical (unpaired) electrons. The summed E-state index contributed by atoms with van der Waals surface area (Å²) >= 11 is 0. The molecule has 0 spiro atoms. The van der Waals surface area contributed by atoms with Gasteiger partial charge in [-0.3, -0.25) is 0 Å². The summed E-state index contributed by atoms with van der Waals surface area (Å²) in [5.41, 5.74) is 5.84. The molecule has 0 atom stereocenters. The Hall–Kier alpha value is -1.31. The summed E-state index contributed by atoms with van der Waals surface area (Å²) in [6.07, 6.45) is 2.07. The molecule has 0 amide bonds. The van der Waals surface area contributed by atoms with Gasteiger partial charge in [0, 0.05) is 38.8 Å². The number of rotatable bonds is 2. The van der Waals surface area contributed by atoms with E-state index >= 15 is 0 Å². The molecule has 0 fully saturated rings. The maximum atomic E-state index is 3.38. The first-order valence-corrected chi connectivity index (χ1v) is 6.71. The fourth-order valence-electron chi connectivity index (χ4n) is 2.48. The Kier molecular flexibility index (Phi) is 5.44. The van der Waals surface area contributed by atoms with Crippen LogP contribution in [0.3, 0.4) is 0 Å². The van der Waals surface area contributed by atoms with Crippen LogP contribution in [-0.4, -0.2) is 0 Å². The molecule has 0 aliphatic carbocycles. The van der Waals surface area contributed by atoms with E-state index in [0.717, 1.165) is 11.1 Å². The standard InChI is InChI=1S/C19H16N.Y/c1-15-9-8-12-17(16-10-4-3-5-11-16)19(15)18-13-6-7-14-20(18)2;/h3-10,13-14H,1-2H3;/q-1;. The van der Waals surface area contributed by atoms with Gasteiger partial charge in [0.15, 0.2) is 11.9 Å². The number of nitrogens with zero attached hydrogens (tertiary/aromatic N) is 1. The first-order chi connectivity index (χ1) is 9.77. The molecule has 1 aromatic heterocycles. The summed E-state index contributed by atoms with van der Waals surface area (Å²) in [5, 5.41) is 0. The van der Waals surface area contributed by atoms with Gasteiger partial charge < -0.3 is 0 Å². The van der Waals surface area contributed by atoms with Gasteiger partial charge in [0.25, 0.3) is 0 Å². The zero-order chi connectivity index (χ0) is 13.9. The van der Waals surface area contributed by atoms with Gasteiger partial charge in [-0.1, -0.05) is 18.6 Å². The Morgan fingerprint density at radius 3 is 2.43 bits per heavy atom. The van der Waals surface area contributed by atoms with Crippen molar-refractivity contribution in [3.63, 3.8) is 0 Å². The third kappa shape index (κ3) is 3.31. The Labute approximate surface area is 151 Å². The van der Waals surface area contributed by atoms with E-state index in [4.69, 9.17) is 0 Å². The van der Waals surface area contributed by atoms with Crippen LogP contribution in [0.15, 0.2) is 60.8 Å². The molecule has 0 saturated heterocycles. The van der Waals surface area contributed by atoms with Crippen LogP contribution in [0.4, 0.5) is 0 Å². The number of benzene rings is 2. The quantitative estimate of drug-likeness (QED) is 0.491. The predicted molar refractivity (Wildman–Crippen MR) is 80.9 cm³/mol. The summed E-state index contributed by atoms with van der Waals surface area (Å²) in [4.78, 5) is 0. The van der Waals surface area contributed by atoms with Crippen LogP contribution in [0.1, 0.15) is 5.56 Å². The zero-order valence-electron chi connectivity index (χ0n) is 12.3. The largest absolute Gasteiger partial charge is 0.226 e. The predicted octanol–water partition coefficient (Wildman–Crippen LogP) is 3.75. The second kappa shape index (κ2) is 7.11. The minimum Gasteiger partial charge on any atom is -0.226 e. The molecule has 101 valence electrons. The maximum Gasteiger partial charge on any atom is 0.168 e. The molecule has 21 heavy (non-hydrogen) atoms. The van der Waals surface area contributed by atoms with Gasteiger partial charge in [-0.2, -0.15) is 36.4 Å². The molecular weight excluding hydrogens is 331 g/mol. The van der Waals surface area contributed by atoms with Gasteiger partial charge in [0.2, 0.25) is 0 Å². The molecule has 0 aliphatic rings. The Morgan fingerprint density at radius 1 is 0.905 bits per heavy atom. The smallest absolute Gasteiger partial charge is 0.168 e. The minimum absolute atomic E-state index is 0. The molecule has 0 saturated carbocycles. The van der Waals surface area contributed by atoms with Crippen molar-refractivity contribution in [2.75, 3.05) is 0 Å². The van der Waals surface area contributed by atoms with Crippen molar-refractivity contribution < 1.29 is 37.3 Å². The Balaban J connectivity index is 0.00000161. The molecule has 2 heteroatoms. The maximum absolute atomic E-state index is 3.38. The average Bonchev–Trinajstić information content (AvgIpc) is 2.49. The van der Waals surface area contributed by atoms with E-state index in [1.807, 2.05) is 30.3 Å². The fraction of sp³-hybridized carbons (Fsp3) is 0.105. The third-order valence-electron chi connectivity index (χ3n) is 3.49. The molecule has 3 aromatic rings. The van der Waals surface area contributed by atoms with E-state index in [0.29, 0.717) is 0 Å². The summed E-state index contributed by atoms with van der Waals surface area (Å²) in [5.74, 6) is 0. The Morgan fingerprint density at radius 2 is 1.71 bits per heavy atom. The van der Waals surface area contributed by atoms with Crippen molar-refractivity contribution in [3.05, 3.63) is 78.5 Å². The summed E-state index contributed by atoms with van der Waals surface area (Å²) in [7, 11) is 2.07. The van der Waals surface area contributed by atoms with Gasteiger partial charge in [-0.05, 0) is 6.07 Å². The number of aryl methyl sites for hydroxylation is 2.